The van der Waals surface area contributed by atoms with Crippen LogP contribution in [0.3, 0.4) is 0 Å². The van der Waals surface area contributed by atoms with Gasteiger partial charge in [0.25, 0.3) is 0 Å². The number of H-pyrrole nitrogens is 1. The number of hydrogen-bond donors (Lipinski definition) is 3. The number of halogens is 1. The standard InChI is InChI=1S/C23H26FN7O2/c1-13(32)30-23(2)6-4-15(5-7-23)27-22-28-19-18(21(29-22)33-3)16(11-26-19)14-10-17(24)20-25-8-9-31(20)12-14/h8-12,15H,4-7H2,1-3H3,(H,30,32)(H2,26,27,28,29). The quantitative estimate of drug-likeness (QED) is 0.427. The van der Waals surface area contributed by atoms with Crippen LogP contribution in [0.25, 0.3) is 27.8 Å². The van der Waals surface area contributed by atoms with Gasteiger partial charge >= 0.3 is 0 Å². The first kappa shape index (κ1) is 21.2. The van der Waals surface area contributed by atoms with E-state index in [4.69, 9.17) is 4.74 Å². The highest BCUT2D eigenvalue weighted by Crippen LogP contribution is 2.35. The number of carbonyl (C=O) groups excluding carboxylic acids is 1. The number of rotatable bonds is 5. The molecule has 4 aromatic heterocycles. The lowest BCUT2D eigenvalue weighted by molar-refractivity contribution is -0.121. The molecule has 0 atom stereocenters. The number of nitrogens with zero attached hydrogens (tertiary/aromatic N) is 4. The molecule has 0 unspecified atom stereocenters. The molecule has 0 bridgehead atoms. The molecule has 10 heteroatoms. The van der Waals surface area contributed by atoms with Crippen molar-refractivity contribution in [2.45, 2.75) is 51.1 Å². The molecule has 4 heterocycles. The van der Waals surface area contributed by atoms with Crippen molar-refractivity contribution < 1.29 is 13.9 Å². The molecule has 1 amide bonds. The van der Waals surface area contributed by atoms with Crippen molar-refractivity contribution in [1.29, 1.82) is 0 Å². The van der Waals surface area contributed by atoms with Gasteiger partial charge in [-0.1, -0.05) is 0 Å². The summed E-state index contributed by atoms with van der Waals surface area (Å²) in [6.07, 6.45) is 10.4. The van der Waals surface area contributed by atoms with E-state index in [1.54, 1.807) is 37.0 Å². The number of nitrogens with one attached hydrogen (secondary N) is 3. The monoisotopic (exact) mass is 451 g/mol. The van der Waals surface area contributed by atoms with E-state index >= 15 is 0 Å². The van der Waals surface area contributed by atoms with Crippen LogP contribution in [0.5, 0.6) is 5.88 Å². The van der Waals surface area contributed by atoms with Gasteiger partial charge in [-0.3, -0.25) is 4.79 Å². The maximum atomic E-state index is 14.5. The average molecular weight is 452 g/mol. The maximum Gasteiger partial charge on any atom is 0.228 e. The fourth-order valence-corrected chi connectivity index (χ4v) is 4.71. The third kappa shape index (κ3) is 3.96. The molecule has 4 aromatic rings. The molecule has 0 saturated heterocycles. The molecule has 9 nitrogen and oxygen atoms in total. The second kappa shape index (κ2) is 8.02. The van der Waals surface area contributed by atoms with E-state index in [1.165, 1.54) is 6.07 Å². The highest BCUT2D eigenvalue weighted by molar-refractivity contribution is 5.97. The number of fused-ring (bicyclic) bond motifs is 2. The van der Waals surface area contributed by atoms with Crippen LogP contribution in [0, 0.1) is 5.82 Å². The number of imidazole rings is 1. The first-order valence-electron chi connectivity index (χ1n) is 11.0. The average Bonchev–Trinajstić information content (AvgIpc) is 3.41. The Hall–Kier alpha value is -3.69. The Labute approximate surface area is 189 Å². The van der Waals surface area contributed by atoms with Gasteiger partial charge in [0.2, 0.25) is 17.7 Å². The Bertz CT molecular complexity index is 1340. The molecule has 1 fully saturated rings. The molecule has 0 spiro atoms. The molecular formula is C23H26FN7O2. The lowest BCUT2D eigenvalue weighted by Gasteiger charge is -2.38. The highest BCUT2D eigenvalue weighted by Gasteiger charge is 2.32. The van der Waals surface area contributed by atoms with Crippen LogP contribution >= 0.6 is 0 Å². The molecule has 5 rings (SSSR count). The molecule has 3 N–H and O–H groups in total. The maximum absolute atomic E-state index is 14.5. The van der Waals surface area contributed by atoms with Crippen molar-refractivity contribution in [3.63, 3.8) is 0 Å². The van der Waals surface area contributed by atoms with Gasteiger partial charge in [0.15, 0.2) is 11.5 Å². The Morgan fingerprint density at radius 3 is 2.85 bits per heavy atom. The Balaban J connectivity index is 1.42. The van der Waals surface area contributed by atoms with Crippen molar-refractivity contribution in [2.75, 3.05) is 12.4 Å². The van der Waals surface area contributed by atoms with Gasteiger partial charge < -0.3 is 24.8 Å². The summed E-state index contributed by atoms with van der Waals surface area (Å²) >= 11 is 0. The smallest absolute Gasteiger partial charge is 0.228 e. The van der Waals surface area contributed by atoms with Gasteiger partial charge in [0.05, 0.1) is 12.5 Å². The molecule has 0 radical (unpaired) electrons. The van der Waals surface area contributed by atoms with Gasteiger partial charge in [-0.05, 0) is 38.7 Å². The van der Waals surface area contributed by atoms with Crippen LogP contribution in [0.2, 0.25) is 0 Å². The summed E-state index contributed by atoms with van der Waals surface area (Å²) in [5.74, 6) is 0.464. The Morgan fingerprint density at radius 1 is 1.33 bits per heavy atom. The molecule has 1 aliphatic carbocycles. The van der Waals surface area contributed by atoms with Crippen LogP contribution in [-0.4, -0.2) is 48.9 Å². The summed E-state index contributed by atoms with van der Waals surface area (Å²) in [6, 6.07) is 1.64. The summed E-state index contributed by atoms with van der Waals surface area (Å²) in [5.41, 5.74) is 2.11. The van der Waals surface area contributed by atoms with Crippen molar-refractivity contribution in [2.24, 2.45) is 0 Å². The predicted octanol–water partition coefficient (Wildman–Crippen LogP) is 3.67. The molecule has 33 heavy (non-hydrogen) atoms. The molecule has 1 aliphatic rings. The van der Waals surface area contributed by atoms with Gasteiger partial charge in [-0.25, -0.2) is 9.37 Å². The fraction of sp³-hybridized carbons (Fsp3) is 0.391. The number of hydrogen-bond acceptors (Lipinski definition) is 6. The van der Waals surface area contributed by atoms with E-state index in [9.17, 15) is 9.18 Å². The molecule has 0 aromatic carbocycles. The largest absolute Gasteiger partial charge is 0.480 e. The zero-order chi connectivity index (χ0) is 23.2. The number of carbonyl (C=O) groups is 1. The summed E-state index contributed by atoms with van der Waals surface area (Å²) < 4.78 is 21.7. The summed E-state index contributed by atoms with van der Waals surface area (Å²) in [5, 5.41) is 7.16. The normalized spacial score (nSPS) is 20.8. The van der Waals surface area contributed by atoms with E-state index in [0.29, 0.717) is 28.4 Å². The van der Waals surface area contributed by atoms with E-state index < -0.39 is 5.82 Å². The first-order valence-corrected chi connectivity index (χ1v) is 11.0. The van der Waals surface area contributed by atoms with Crippen LogP contribution in [0.1, 0.15) is 39.5 Å². The topological polar surface area (TPSA) is 109 Å². The zero-order valence-corrected chi connectivity index (χ0v) is 18.8. The first-order chi connectivity index (χ1) is 15.8. The van der Waals surface area contributed by atoms with Crippen LogP contribution < -0.4 is 15.4 Å². The predicted molar refractivity (Wildman–Crippen MR) is 123 cm³/mol. The van der Waals surface area contributed by atoms with Gasteiger partial charge in [0.1, 0.15) is 5.65 Å². The number of ether oxygens (including phenoxy) is 1. The van der Waals surface area contributed by atoms with Crippen LogP contribution in [0.15, 0.2) is 30.9 Å². The zero-order valence-electron chi connectivity index (χ0n) is 18.8. The third-order valence-corrected chi connectivity index (χ3v) is 6.35. The van der Waals surface area contributed by atoms with E-state index in [2.05, 4.69) is 37.5 Å². The van der Waals surface area contributed by atoms with Crippen LogP contribution in [-0.2, 0) is 4.79 Å². The molecule has 172 valence electrons. The minimum Gasteiger partial charge on any atom is -0.480 e. The fourth-order valence-electron chi connectivity index (χ4n) is 4.71. The van der Waals surface area contributed by atoms with Crippen molar-refractivity contribution >= 4 is 28.5 Å². The van der Waals surface area contributed by atoms with E-state index in [1.807, 2.05) is 6.20 Å². The number of pyridine rings is 1. The Kier molecular flexibility index (Phi) is 5.15. The van der Waals surface area contributed by atoms with Gasteiger partial charge in [-0.2, -0.15) is 9.97 Å². The number of methoxy groups -OCH3 is 1. The van der Waals surface area contributed by atoms with Crippen molar-refractivity contribution in [3.05, 3.63) is 36.7 Å². The SMILES string of the molecule is COc1nc(NC2CCC(C)(NC(C)=O)CC2)nc2[nH]cc(-c3cc(F)c4nccn4c3)c12. The minimum absolute atomic E-state index is 0.00273. The summed E-state index contributed by atoms with van der Waals surface area (Å²) in [4.78, 5) is 27.9. The Morgan fingerprint density at radius 2 is 2.12 bits per heavy atom. The second-order valence-electron chi connectivity index (χ2n) is 8.88. The lowest BCUT2D eigenvalue weighted by Crippen LogP contribution is -2.49. The third-order valence-electron chi connectivity index (χ3n) is 6.35. The molecular weight excluding hydrogens is 425 g/mol. The summed E-state index contributed by atoms with van der Waals surface area (Å²) in [7, 11) is 1.56. The van der Waals surface area contributed by atoms with E-state index in [-0.39, 0.29) is 23.1 Å². The van der Waals surface area contributed by atoms with Crippen molar-refractivity contribution in [1.82, 2.24) is 29.7 Å². The lowest BCUT2D eigenvalue weighted by atomic mass is 9.81. The minimum atomic E-state index is -0.409. The van der Waals surface area contributed by atoms with Crippen LogP contribution in [0.4, 0.5) is 10.3 Å². The molecule has 1 saturated carbocycles. The van der Waals surface area contributed by atoms with E-state index in [0.717, 1.165) is 31.2 Å². The van der Waals surface area contributed by atoms with Gasteiger partial charge in [0, 0.05) is 54.4 Å². The number of anilines is 1. The number of aromatic nitrogens is 5. The summed E-state index contributed by atoms with van der Waals surface area (Å²) in [6.45, 7) is 3.64. The second-order valence-corrected chi connectivity index (χ2v) is 8.88. The number of aromatic amines is 1. The molecule has 0 aliphatic heterocycles. The van der Waals surface area contributed by atoms with Gasteiger partial charge in [-0.15, -0.1) is 0 Å². The highest BCUT2D eigenvalue weighted by atomic mass is 19.1. The number of amides is 1. The van der Waals surface area contributed by atoms with Crippen molar-refractivity contribution in [3.8, 4) is 17.0 Å².